The van der Waals surface area contributed by atoms with Crippen molar-refractivity contribution in [3.63, 3.8) is 0 Å². The van der Waals surface area contributed by atoms with Gasteiger partial charge in [0.1, 0.15) is 11.6 Å². The molecule has 0 unspecified atom stereocenters. The van der Waals surface area contributed by atoms with Crippen LogP contribution >= 0.6 is 11.8 Å². The number of rotatable bonds is 8. The molecule has 0 spiro atoms. The van der Waals surface area contributed by atoms with E-state index in [1.165, 1.54) is 23.6 Å². The summed E-state index contributed by atoms with van der Waals surface area (Å²) in [5.41, 5.74) is 3.42. The first-order valence-electron chi connectivity index (χ1n) is 8.55. The molecule has 5 heteroatoms. The van der Waals surface area contributed by atoms with Gasteiger partial charge < -0.3 is 10.1 Å². The lowest BCUT2D eigenvalue weighted by Gasteiger charge is -2.09. The highest BCUT2D eigenvalue weighted by molar-refractivity contribution is 7.98. The van der Waals surface area contributed by atoms with Gasteiger partial charge in [-0.25, -0.2) is 4.39 Å². The number of aryl methyl sites for hydroxylation is 2. The predicted octanol–water partition coefficient (Wildman–Crippen LogP) is 3.74. The van der Waals surface area contributed by atoms with Gasteiger partial charge in [0.05, 0.1) is 0 Å². The number of amides is 1. The number of carbonyl (C=O) groups is 1. The molecule has 3 rings (SSSR count). The number of carbonyl (C=O) groups excluding carboxylic acids is 1. The zero-order valence-electron chi connectivity index (χ0n) is 14.1. The summed E-state index contributed by atoms with van der Waals surface area (Å²) in [6, 6.07) is 12.8. The van der Waals surface area contributed by atoms with E-state index in [2.05, 4.69) is 11.4 Å². The Morgan fingerprint density at radius 1 is 1.16 bits per heavy atom. The van der Waals surface area contributed by atoms with E-state index in [-0.39, 0.29) is 18.3 Å². The zero-order chi connectivity index (χ0) is 17.5. The SMILES string of the molecule is O=C(COc1ccc2c(c1)CCC2)NCCSCc1ccccc1F. The summed E-state index contributed by atoms with van der Waals surface area (Å²) in [5, 5.41) is 2.83. The number of hydrogen-bond donors (Lipinski definition) is 1. The molecule has 0 bridgehead atoms. The van der Waals surface area contributed by atoms with Crippen LogP contribution in [0.15, 0.2) is 42.5 Å². The maximum Gasteiger partial charge on any atom is 0.257 e. The van der Waals surface area contributed by atoms with Crippen LogP contribution in [0.25, 0.3) is 0 Å². The van der Waals surface area contributed by atoms with Crippen LogP contribution in [0.3, 0.4) is 0 Å². The molecule has 25 heavy (non-hydrogen) atoms. The summed E-state index contributed by atoms with van der Waals surface area (Å²) in [6.07, 6.45) is 3.43. The van der Waals surface area contributed by atoms with Crippen molar-refractivity contribution in [1.29, 1.82) is 0 Å². The minimum absolute atomic E-state index is 0.0246. The van der Waals surface area contributed by atoms with E-state index in [1.54, 1.807) is 23.9 Å². The van der Waals surface area contributed by atoms with Gasteiger partial charge >= 0.3 is 0 Å². The largest absolute Gasteiger partial charge is 0.484 e. The van der Waals surface area contributed by atoms with Crippen LogP contribution < -0.4 is 10.1 Å². The number of hydrogen-bond acceptors (Lipinski definition) is 3. The molecule has 3 nitrogen and oxygen atoms in total. The summed E-state index contributed by atoms with van der Waals surface area (Å²) in [7, 11) is 0. The lowest BCUT2D eigenvalue weighted by molar-refractivity contribution is -0.122. The van der Waals surface area contributed by atoms with Gasteiger partial charge in [-0.05, 0) is 54.2 Å². The van der Waals surface area contributed by atoms with Crippen molar-refractivity contribution < 1.29 is 13.9 Å². The van der Waals surface area contributed by atoms with Crippen LogP contribution in [0.5, 0.6) is 5.75 Å². The van der Waals surface area contributed by atoms with Crippen molar-refractivity contribution in [3.8, 4) is 5.75 Å². The molecular formula is C20H22FNO2S. The van der Waals surface area contributed by atoms with Crippen molar-refractivity contribution >= 4 is 17.7 Å². The highest BCUT2D eigenvalue weighted by Gasteiger charge is 2.11. The third-order valence-electron chi connectivity index (χ3n) is 4.22. The molecule has 1 N–H and O–H groups in total. The van der Waals surface area contributed by atoms with Gasteiger partial charge in [0.25, 0.3) is 5.91 Å². The molecule has 0 heterocycles. The molecule has 0 aromatic heterocycles. The van der Waals surface area contributed by atoms with E-state index >= 15 is 0 Å². The van der Waals surface area contributed by atoms with E-state index in [4.69, 9.17) is 4.74 Å². The van der Waals surface area contributed by atoms with Gasteiger partial charge in [-0.1, -0.05) is 24.3 Å². The smallest absolute Gasteiger partial charge is 0.257 e. The molecule has 2 aromatic carbocycles. The van der Waals surface area contributed by atoms with Gasteiger partial charge in [-0.15, -0.1) is 0 Å². The minimum Gasteiger partial charge on any atom is -0.484 e. The summed E-state index contributed by atoms with van der Waals surface area (Å²) in [4.78, 5) is 11.8. The second-order valence-electron chi connectivity index (χ2n) is 6.07. The van der Waals surface area contributed by atoms with E-state index in [1.807, 2.05) is 18.2 Å². The molecule has 0 fully saturated rings. The van der Waals surface area contributed by atoms with Crippen LogP contribution in [0, 0.1) is 5.82 Å². The molecule has 0 radical (unpaired) electrons. The molecule has 1 aliphatic carbocycles. The normalized spacial score (nSPS) is 12.7. The Hall–Kier alpha value is -2.01. The molecule has 1 amide bonds. The summed E-state index contributed by atoms with van der Waals surface area (Å²) in [5.74, 6) is 1.78. The fourth-order valence-corrected chi connectivity index (χ4v) is 3.74. The average molecular weight is 359 g/mol. The number of fused-ring (bicyclic) bond motifs is 1. The fourth-order valence-electron chi connectivity index (χ4n) is 2.90. The van der Waals surface area contributed by atoms with Gasteiger partial charge in [-0.2, -0.15) is 11.8 Å². The third-order valence-corrected chi connectivity index (χ3v) is 5.23. The molecule has 1 aliphatic rings. The monoisotopic (exact) mass is 359 g/mol. The Morgan fingerprint density at radius 2 is 2.00 bits per heavy atom. The van der Waals surface area contributed by atoms with Crippen LogP contribution in [0.4, 0.5) is 4.39 Å². The Kier molecular flexibility index (Phi) is 6.34. The average Bonchev–Trinajstić information content (AvgIpc) is 3.09. The number of nitrogens with one attached hydrogen (secondary N) is 1. The first-order chi connectivity index (χ1) is 12.2. The third kappa shape index (κ3) is 5.23. The highest BCUT2D eigenvalue weighted by Crippen LogP contribution is 2.25. The molecule has 132 valence electrons. The number of ether oxygens (including phenoxy) is 1. The lowest BCUT2D eigenvalue weighted by Crippen LogP contribution is -2.30. The molecular weight excluding hydrogens is 337 g/mol. The molecule has 0 aliphatic heterocycles. The van der Waals surface area contributed by atoms with Gasteiger partial charge in [-0.3, -0.25) is 4.79 Å². The van der Waals surface area contributed by atoms with Crippen molar-refractivity contribution in [2.75, 3.05) is 18.9 Å². The Bertz CT molecular complexity index is 735. The van der Waals surface area contributed by atoms with Crippen LogP contribution in [-0.2, 0) is 23.4 Å². The highest BCUT2D eigenvalue weighted by atomic mass is 32.2. The second-order valence-corrected chi connectivity index (χ2v) is 7.17. The standard InChI is InChI=1S/C20H22FNO2S/c21-19-7-2-1-4-17(19)14-25-11-10-22-20(23)13-24-18-9-8-15-5-3-6-16(15)12-18/h1-2,4,7-9,12H,3,5-6,10-11,13-14H2,(H,22,23). The maximum absolute atomic E-state index is 13.5. The van der Waals surface area contributed by atoms with Crippen LogP contribution in [-0.4, -0.2) is 24.8 Å². The van der Waals surface area contributed by atoms with E-state index < -0.39 is 0 Å². The van der Waals surface area contributed by atoms with Gasteiger partial charge in [0.15, 0.2) is 6.61 Å². The van der Waals surface area contributed by atoms with E-state index in [0.717, 1.165) is 24.3 Å². The van der Waals surface area contributed by atoms with Crippen LogP contribution in [0.1, 0.15) is 23.1 Å². The predicted molar refractivity (Wildman–Crippen MR) is 99.5 cm³/mol. The maximum atomic E-state index is 13.5. The Labute approximate surface area is 152 Å². The number of thioether (sulfide) groups is 1. The van der Waals surface area contributed by atoms with Crippen molar-refractivity contribution in [2.24, 2.45) is 0 Å². The first kappa shape index (κ1) is 17.8. The summed E-state index contributed by atoms with van der Waals surface area (Å²) in [6.45, 7) is 0.572. The van der Waals surface area contributed by atoms with E-state index in [0.29, 0.717) is 17.9 Å². The summed E-state index contributed by atoms with van der Waals surface area (Å²) >= 11 is 1.59. The topological polar surface area (TPSA) is 38.3 Å². The summed E-state index contributed by atoms with van der Waals surface area (Å²) < 4.78 is 19.0. The minimum atomic E-state index is -0.179. The second kappa shape index (κ2) is 8.90. The van der Waals surface area contributed by atoms with Gasteiger partial charge in [0, 0.05) is 18.1 Å². The number of benzene rings is 2. The van der Waals surface area contributed by atoms with Crippen molar-refractivity contribution in [3.05, 3.63) is 65.0 Å². The van der Waals surface area contributed by atoms with Crippen LogP contribution in [0.2, 0.25) is 0 Å². The number of halogens is 1. The Balaban J connectivity index is 1.31. The zero-order valence-corrected chi connectivity index (χ0v) is 14.9. The molecule has 0 saturated heterocycles. The quantitative estimate of drug-likeness (QED) is 0.730. The molecule has 2 aromatic rings. The fraction of sp³-hybridized carbons (Fsp3) is 0.350. The van der Waals surface area contributed by atoms with Gasteiger partial charge in [0.2, 0.25) is 0 Å². The van der Waals surface area contributed by atoms with E-state index in [9.17, 15) is 9.18 Å². The molecule has 0 atom stereocenters. The molecule has 0 saturated carbocycles. The first-order valence-corrected chi connectivity index (χ1v) is 9.70. The van der Waals surface area contributed by atoms with Crippen molar-refractivity contribution in [1.82, 2.24) is 5.32 Å². The van der Waals surface area contributed by atoms with Crippen molar-refractivity contribution in [2.45, 2.75) is 25.0 Å². The Morgan fingerprint density at radius 3 is 2.88 bits per heavy atom. The lowest BCUT2D eigenvalue weighted by atomic mass is 10.1.